The number of amides is 1. The fraction of sp³-hybridized carbons (Fsp3) is 0.118. The number of nitrogens with one attached hydrogen (secondary N) is 1. The van der Waals surface area contributed by atoms with E-state index in [1.807, 2.05) is 54.6 Å². The summed E-state index contributed by atoms with van der Waals surface area (Å²) in [5, 5.41) is 2.77. The van der Waals surface area contributed by atoms with Gasteiger partial charge in [0.1, 0.15) is 0 Å². The number of benzene rings is 2. The van der Waals surface area contributed by atoms with Crippen LogP contribution in [0.5, 0.6) is 11.5 Å². The third-order valence-corrected chi connectivity index (χ3v) is 3.07. The summed E-state index contributed by atoms with van der Waals surface area (Å²) in [6, 6.07) is 13.5. The Bertz CT molecular complexity index is 707. The fourth-order valence-electron chi connectivity index (χ4n) is 2.13. The van der Waals surface area contributed by atoms with Gasteiger partial charge in [0.05, 0.1) is 0 Å². The Labute approximate surface area is 123 Å². The van der Waals surface area contributed by atoms with Gasteiger partial charge in [-0.15, -0.1) is 0 Å². The van der Waals surface area contributed by atoms with Crippen LogP contribution >= 0.6 is 0 Å². The smallest absolute Gasteiger partial charge is 0.231 e. The zero-order valence-electron chi connectivity index (χ0n) is 11.6. The predicted molar refractivity (Wildman–Crippen MR) is 82.2 cm³/mol. The lowest BCUT2D eigenvalue weighted by Gasteiger charge is -2.03. The molecule has 0 spiro atoms. The van der Waals surface area contributed by atoms with Crippen LogP contribution in [0, 0.1) is 0 Å². The SMILES string of the molecule is CC(=O)Nc1cccc(/C=C/c2ccc3c(c2)OCO3)c1. The van der Waals surface area contributed by atoms with Gasteiger partial charge in [-0.3, -0.25) is 4.79 Å². The Morgan fingerprint density at radius 1 is 1.05 bits per heavy atom. The van der Waals surface area contributed by atoms with Crippen molar-refractivity contribution in [3.8, 4) is 11.5 Å². The molecule has 0 atom stereocenters. The molecule has 3 rings (SSSR count). The van der Waals surface area contributed by atoms with Gasteiger partial charge in [0.15, 0.2) is 11.5 Å². The van der Waals surface area contributed by atoms with Crippen molar-refractivity contribution in [1.82, 2.24) is 0 Å². The van der Waals surface area contributed by atoms with Gasteiger partial charge in [-0.05, 0) is 35.4 Å². The first-order valence-corrected chi connectivity index (χ1v) is 6.66. The first-order valence-electron chi connectivity index (χ1n) is 6.66. The molecule has 106 valence electrons. The molecule has 1 amide bonds. The monoisotopic (exact) mass is 281 g/mol. The average Bonchev–Trinajstić information content (AvgIpc) is 2.92. The summed E-state index contributed by atoms with van der Waals surface area (Å²) in [7, 11) is 0. The van der Waals surface area contributed by atoms with Crippen LogP contribution in [-0.4, -0.2) is 12.7 Å². The van der Waals surface area contributed by atoms with Crippen LogP contribution in [0.25, 0.3) is 12.2 Å². The van der Waals surface area contributed by atoms with E-state index in [0.29, 0.717) is 0 Å². The number of carbonyl (C=O) groups is 1. The Hall–Kier alpha value is -2.75. The lowest BCUT2D eigenvalue weighted by Crippen LogP contribution is -2.05. The lowest BCUT2D eigenvalue weighted by atomic mass is 10.1. The standard InChI is InChI=1S/C17H15NO3/c1-12(19)18-15-4-2-3-13(9-15)5-6-14-7-8-16-17(10-14)21-11-20-16/h2-10H,11H2,1H3,(H,18,19)/b6-5+. The molecule has 0 bridgehead atoms. The van der Waals surface area contributed by atoms with E-state index in [-0.39, 0.29) is 12.7 Å². The minimum Gasteiger partial charge on any atom is -0.454 e. The van der Waals surface area contributed by atoms with Gasteiger partial charge in [0, 0.05) is 12.6 Å². The number of carbonyl (C=O) groups excluding carboxylic acids is 1. The summed E-state index contributed by atoms with van der Waals surface area (Å²) >= 11 is 0. The second-order valence-electron chi connectivity index (χ2n) is 4.75. The van der Waals surface area contributed by atoms with Gasteiger partial charge in [0.25, 0.3) is 0 Å². The van der Waals surface area contributed by atoms with E-state index >= 15 is 0 Å². The Morgan fingerprint density at radius 3 is 2.62 bits per heavy atom. The van der Waals surface area contributed by atoms with Gasteiger partial charge in [-0.25, -0.2) is 0 Å². The van der Waals surface area contributed by atoms with Crippen molar-refractivity contribution in [1.29, 1.82) is 0 Å². The van der Waals surface area contributed by atoms with Crippen molar-refractivity contribution in [2.45, 2.75) is 6.92 Å². The molecule has 0 saturated carbocycles. The molecule has 4 heteroatoms. The van der Waals surface area contributed by atoms with Crippen LogP contribution in [0.15, 0.2) is 42.5 Å². The second kappa shape index (κ2) is 5.71. The summed E-state index contributed by atoms with van der Waals surface area (Å²) in [4.78, 5) is 11.1. The van der Waals surface area contributed by atoms with Gasteiger partial charge >= 0.3 is 0 Å². The van der Waals surface area contributed by atoms with Crippen LogP contribution in [0.3, 0.4) is 0 Å². The van der Waals surface area contributed by atoms with Crippen molar-refractivity contribution < 1.29 is 14.3 Å². The molecule has 1 aliphatic rings. The average molecular weight is 281 g/mol. The first-order chi connectivity index (χ1) is 10.2. The zero-order valence-corrected chi connectivity index (χ0v) is 11.6. The number of anilines is 1. The minimum atomic E-state index is -0.0769. The van der Waals surface area contributed by atoms with E-state index in [0.717, 1.165) is 28.3 Å². The zero-order chi connectivity index (χ0) is 14.7. The predicted octanol–water partition coefficient (Wildman–Crippen LogP) is 3.54. The molecule has 1 aliphatic heterocycles. The molecular formula is C17H15NO3. The van der Waals surface area contributed by atoms with Crippen LogP contribution in [0.4, 0.5) is 5.69 Å². The van der Waals surface area contributed by atoms with Crippen LogP contribution in [-0.2, 0) is 4.79 Å². The van der Waals surface area contributed by atoms with E-state index in [9.17, 15) is 4.79 Å². The van der Waals surface area contributed by atoms with Crippen molar-refractivity contribution in [2.24, 2.45) is 0 Å². The molecule has 0 unspecified atom stereocenters. The highest BCUT2D eigenvalue weighted by molar-refractivity contribution is 5.89. The van der Waals surface area contributed by atoms with Gasteiger partial charge in [-0.2, -0.15) is 0 Å². The highest BCUT2D eigenvalue weighted by Crippen LogP contribution is 2.33. The largest absolute Gasteiger partial charge is 0.454 e. The molecule has 0 aliphatic carbocycles. The van der Waals surface area contributed by atoms with Gasteiger partial charge in [-0.1, -0.05) is 30.4 Å². The van der Waals surface area contributed by atoms with Crippen molar-refractivity contribution >= 4 is 23.7 Å². The highest BCUT2D eigenvalue weighted by Gasteiger charge is 2.12. The van der Waals surface area contributed by atoms with Crippen LogP contribution < -0.4 is 14.8 Å². The first kappa shape index (κ1) is 13.2. The summed E-state index contributed by atoms with van der Waals surface area (Å²) in [5.74, 6) is 1.47. The number of hydrogen-bond donors (Lipinski definition) is 1. The van der Waals surface area contributed by atoms with Crippen molar-refractivity contribution in [2.75, 3.05) is 12.1 Å². The van der Waals surface area contributed by atoms with E-state index in [1.165, 1.54) is 6.92 Å². The van der Waals surface area contributed by atoms with E-state index < -0.39 is 0 Å². The molecule has 1 N–H and O–H groups in total. The van der Waals surface area contributed by atoms with Crippen molar-refractivity contribution in [3.05, 3.63) is 53.6 Å². The van der Waals surface area contributed by atoms with Gasteiger partial charge < -0.3 is 14.8 Å². The third-order valence-electron chi connectivity index (χ3n) is 3.07. The molecular weight excluding hydrogens is 266 g/mol. The van der Waals surface area contributed by atoms with Gasteiger partial charge in [0.2, 0.25) is 12.7 Å². The molecule has 0 fully saturated rings. The fourth-order valence-corrected chi connectivity index (χ4v) is 2.13. The summed E-state index contributed by atoms with van der Waals surface area (Å²) in [5.41, 5.74) is 2.83. The maximum atomic E-state index is 11.1. The van der Waals surface area contributed by atoms with E-state index in [4.69, 9.17) is 9.47 Å². The number of rotatable bonds is 3. The Kier molecular flexibility index (Phi) is 3.60. The molecule has 0 saturated heterocycles. The van der Waals surface area contributed by atoms with Crippen LogP contribution in [0.1, 0.15) is 18.1 Å². The molecule has 2 aromatic carbocycles. The minimum absolute atomic E-state index is 0.0769. The normalized spacial score (nSPS) is 12.6. The molecule has 0 radical (unpaired) electrons. The Balaban J connectivity index is 1.78. The Morgan fingerprint density at radius 2 is 1.81 bits per heavy atom. The molecule has 1 heterocycles. The maximum absolute atomic E-state index is 11.1. The van der Waals surface area contributed by atoms with E-state index in [2.05, 4.69) is 5.32 Å². The summed E-state index contributed by atoms with van der Waals surface area (Å²) in [6.45, 7) is 1.77. The van der Waals surface area contributed by atoms with Crippen LogP contribution in [0.2, 0.25) is 0 Å². The number of fused-ring (bicyclic) bond motifs is 1. The molecule has 21 heavy (non-hydrogen) atoms. The third kappa shape index (κ3) is 3.23. The summed E-state index contributed by atoms with van der Waals surface area (Å²) < 4.78 is 10.6. The molecule has 0 aromatic heterocycles. The topological polar surface area (TPSA) is 47.6 Å². The maximum Gasteiger partial charge on any atom is 0.231 e. The second-order valence-corrected chi connectivity index (χ2v) is 4.75. The van der Waals surface area contributed by atoms with E-state index in [1.54, 1.807) is 0 Å². The molecule has 4 nitrogen and oxygen atoms in total. The lowest BCUT2D eigenvalue weighted by molar-refractivity contribution is -0.114. The quantitative estimate of drug-likeness (QED) is 0.875. The number of hydrogen-bond acceptors (Lipinski definition) is 3. The van der Waals surface area contributed by atoms with Crippen molar-refractivity contribution in [3.63, 3.8) is 0 Å². The summed E-state index contributed by atoms with van der Waals surface area (Å²) in [6.07, 6.45) is 3.98. The number of ether oxygens (including phenoxy) is 2. The molecule has 2 aromatic rings. The highest BCUT2D eigenvalue weighted by atomic mass is 16.7.